The maximum atomic E-state index is 12.2. The van der Waals surface area contributed by atoms with Gasteiger partial charge < -0.3 is 9.47 Å². The number of ether oxygens (including phenoxy) is 2. The first kappa shape index (κ1) is 12.9. The second-order valence-corrected chi connectivity index (χ2v) is 6.93. The summed E-state index contributed by atoms with van der Waals surface area (Å²) in [6.07, 6.45) is 3.18. The summed E-state index contributed by atoms with van der Waals surface area (Å²) in [5.41, 5.74) is -0.460. The van der Waals surface area contributed by atoms with Crippen LogP contribution in [0.3, 0.4) is 0 Å². The zero-order valence-corrected chi connectivity index (χ0v) is 11.8. The lowest BCUT2D eigenvalue weighted by Crippen LogP contribution is -2.42. The van der Waals surface area contributed by atoms with Crippen molar-refractivity contribution in [1.29, 1.82) is 0 Å². The Morgan fingerprint density at radius 1 is 1.37 bits per heavy atom. The Balaban J connectivity index is 1.73. The van der Waals surface area contributed by atoms with Gasteiger partial charge >= 0.3 is 11.9 Å². The van der Waals surface area contributed by atoms with Crippen LogP contribution in [0.15, 0.2) is 0 Å². The van der Waals surface area contributed by atoms with Crippen LogP contribution in [-0.2, 0) is 19.1 Å². The summed E-state index contributed by atoms with van der Waals surface area (Å²) in [5, 5.41) is 0. The topological polar surface area (TPSA) is 52.6 Å². The monoisotopic (exact) mass is 266 g/mol. The molecule has 3 rings (SSSR count). The van der Waals surface area contributed by atoms with E-state index in [-0.39, 0.29) is 36.0 Å². The fourth-order valence-corrected chi connectivity index (χ4v) is 3.69. The molecule has 1 heterocycles. The van der Waals surface area contributed by atoms with Gasteiger partial charge in [0.05, 0.1) is 11.3 Å². The fourth-order valence-electron chi connectivity index (χ4n) is 3.69. The summed E-state index contributed by atoms with van der Waals surface area (Å²) >= 11 is 0. The molecule has 2 aliphatic carbocycles. The fraction of sp³-hybridized carbons (Fsp3) is 0.867. The van der Waals surface area contributed by atoms with Gasteiger partial charge in [-0.25, -0.2) is 0 Å². The van der Waals surface area contributed by atoms with Gasteiger partial charge in [-0.15, -0.1) is 0 Å². The number of esters is 2. The zero-order chi connectivity index (χ0) is 13.8. The molecular weight excluding hydrogens is 244 g/mol. The summed E-state index contributed by atoms with van der Waals surface area (Å²) in [5.74, 6) is 0.641. The SMILES string of the molecule is CCC(C)(C)C(=O)OC1CC2CC3C(=O)OC1C3C2. The maximum Gasteiger partial charge on any atom is 0.311 e. The van der Waals surface area contributed by atoms with E-state index >= 15 is 0 Å². The first-order chi connectivity index (χ1) is 8.92. The van der Waals surface area contributed by atoms with Crippen LogP contribution in [0.1, 0.15) is 46.5 Å². The maximum absolute atomic E-state index is 12.2. The number of rotatable bonds is 3. The van der Waals surface area contributed by atoms with E-state index in [0.717, 1.165) is 25.7 Å². The first-order valence-electron chi connectivity index (χ1n) is 7.34. The lowest BCUT2D eigenvalue weighted by molar-refractivity contribution is -0.176. The molecule has 0 aromatic heterocycles. The first-order valence-corrected chi connectivity index (χ1v) is 7.34. The van der Waals surface area contributed by atoms with Crippen LogP contribution in [0.5, 0.6) is 0 Å². The van der Waals surface area contributed by atoms with Crippen molar-refractivity contribution < 1.29 is 19.1 Å². The Kier molecular flexibility index (Phi) is 2.88. The quantitative estimate of drug-likeness (QED) is 0.736. The van der Waals surface area contributed by atoms with E-state index < -0.39 is 5.41 Å². The van der Waals surface area contributed by atoms with Crippen LogP contribution < -0.4 is 0 Å². The van der Waals surface area contributed by atoms with Crippen molar-refractivity contribution in [1.82, 2.24) is 0 Å². The van der Waals surface area contributed by atoms with Gasteiger partial charge in [-0.1, -0.05) is 6.92 Å². The van der Waals surface area contributed by atoms with Crippen LogP contribution >= 0.6 is 0 Å². The van der Waals surface area contributed by atoms with Gasteiger partial charge in [0.25, 0.3) is 0 Å². The van der Waals surface area contributed by atoms with Crippen LogP contribution in [0.25, 0.3) is 0 Å². The summed E-state index contributed by atoms with van der Waals surface area (Å²) in [7, 11) is 0. The molecular formula is C15H22O4. The van der Waals surface area contributed by atoms with E-state index in [0.29, 0.717) is 5.92 Å². The van der Waals surface area contributed by atoms with Crippen molar-refractivity contribution in [2.45, 2.75) is 58.7 Å². The predicted molar refractivity (Wildman–Crippen MR) is 68.2 cm³/mol. The molecule has 2 bridgehead atoms. The second-order valence-electron chi connectivity index (χ2n) is 6.93. The Hall–Kier alpha value is -1.06. The van der Waals surface area contributed by atoms with E-state index in [1.54, 1.807) is 0 Å². The lowest BCUT2D eigenvalue weighted by Gasteiger charge is -2.34. The van der Waals surface area contributed by atoms with Gasteiger partial charge in [0.15, 0.2) is 0 Å². The molecule has 0 N–H and O–H groups in total. The highest BCUT2D eigenvalue weighted by molar-refractivity contribution is 5.77. The highest BCUT2D eigenvalue weighted by Crippen LogP contribution is 2.52. The molecule has 5 atom stereocenters. The molecule has 19 heavy (non-hydrogen) atoms. The molecule has 5 unspecified atom stereocenters. The minimum Gasteiger partial charge on any atom is -0.458 e. The number of hydrogen-bond acceptors (Lipinski definition) is 4. The summed E-state index contributed by atoms with van der Waals surface area (Å²) in [6, 6.07) is 0. The van der Waals surface area contributed by atoms with Gasteiger partial charge in [-0.2, -0.15) is 0 Å². The van der Waals surface area contributed by atoms with Crippen LogP contribution in [-0.4, -0.2) is 24.1 Å². The van der Waals surface area contributed by atoms with E-state index in [9.17, 15) is 9.59 Å². The largest absolute Gasteiger partial charge is 0.458 e. The second kappa shape index (κ2) is 4.22. The minimum atomic E-state index is -0.460. The van der Waals surface area contributed by atoms with Crippen molar-refractivity contribution >= 4 is 11.9 Å². The standard InChI is InChI=1S/C15H22O4/c1-4-15(2,3)14(17)18-11-7-8-5-9-10(6-8)13(16)19-12(9)11/h8-12H,4-7H2,1-3H3. The molecule has 4 nitrogen and oxygen atoms in total. The van der Waals surface area contributed by atoms with Crippen LogP contribution in [0.2, 0.25) is 0 Å². The lowest BCUT2D eigenvalue weighted by atomic mass is 9.83. The Bertz CT molecular complexity index is 414. The third kappa shape index (κ3) is 1.96. The van der Waals surface area contributed by atoms with Crippen molar-refractivity contribution in [3.8, 4) is 0 Å². The molecule has 0 spiro atoms. The molecule has 3 aliphatic rings. The number of carbonyl (C=O) groups excluding carboxylic acids is 2. The van der Waals surface area contributed by atoms with Gasteiger partial charge in [-0.05, 0) is 45.4 Å². The van der Waals surface area contributed by atoms with Gasteiger partial charge in [0, 0.05) is 5.92 Å². The van der Waals surface area contributed by atoms with E-state index in [1.807, 2.05) is 20.8 Å². The molecule has 0 aromatic carbocycles. The van der Waals surface area contributed by atoms with Crippen LogP contribution in [0, 0.1) is 23.2 Å². The number of carbonyl (C=O) groups is 2. The van der Waals surface area contributed by atoms with Gasteiger partial charge in [-0.3, -0.25) is 9.59 Å². The molecule has 2 saturated carbocycles. The third-order valence-electron chi connectivity index (χ3n) is 5.31. The third-order valence-corrected chi connectivity index (χ3v) is 5.31. The molecule has 3 fully saturated rings. The summed E-state index contributed by atoms with van der Waals surface area (Å²) < 4.78 is 11.1. The van der Waals surface area contributed by atoms with Crippen LogP contribution in [0.4, 0.5) is 0 Å². The van der Waals surface area contributed by atoms with Crippen molar-refractivity contribution in [2.75, 3.05) is 0 Å². The average molecular weight is 266 g/mol. The number of fused-ring (bicyclic) bond motifs is 1. The van der Waals surface area contributed by atoms with Crippen molar-refractivity contribution in [3.63, 3.8) is 0 Å². The van der Waals surface area contributed by atoms with E-state index in [2.05, 4.69) is 0 Å². The normalized spacial score (nSPS) is 40.2. The Morgan fingerprint density at radius 2 is 2.11 bits per heavy atom. The average Bonchev–Trinajstić information content (AvgIpc) is 2.85. The molecule has 4 heteroatoms. The molecule has 106 valence electrons. The molecule has 1 saturated heterocycles. The Morgan fingerprint density at radius 3 is 2.79 bits per heavy atom. The predicted octanol–water partition coefficient (Wildman–Crippen LogP) is 2.31. The number of hydrogen-bond donors (Lipinski definition) is 0. The van der Waals surface area contributed by atoms with Gasteiger partial charge in [0.2, 0.25) is 0 Å². The summed E-state index contributed by atoms with van der Waals surface area (Å²) in [6.45, 7) is 5.78. The molecule has 1 aliphatic heterocycles. The minimum absolute atomic E-state index is 0.0675. The zero-order valence-electron chi connectivity index (χ0n) is 11.8. The van der Waals surface area contributed by atoms with Gasteiger partial charge in [0.1, 0.15) is 12.2 Å². The molecule has 0 radical (unpaired) electrons. The van der Waals surface area contributed by atoms with E-state index in [1.165, 1.54) is 0 Å². The van der Waals surface area contributed by atoms with Crippen molar-refractivity contribution in [2.24, 2.45) is 23.2 Å². The highest BCUT2D eigenvalue weighted by Gasteiger charge is 2.58. The van der Waals surface area contributed by atoms with E-state index in [4.69, 9.17) is 9.47 Å². The van der Waals surface area contributed by atoms with Crippen molar-refractivity contribution in [3.05, 3.63) is 0 Å². The molecule has 0 aromatic rings. The Labute approximate surface area is 113 Å². The highest BCUT2D eigenvalue weighted by atomic mass is 16.6. The molecule has 0 amide bonds. The smallest absolute Gasteiger partial charge is 0.311 e. The summed E-state index contributed by atoms with van der Waals surface area (Å²) in [4.78, 5) is 24.0.